The molecule has 0 saturated heterocycles. The lowest BCUT2D eigenvalue weighted by Gasteiger charge is -2.18. The third-order valence-electron chi connectivity index (χ3n) is 2.98. The van der Waals surface area contributed by atoms with Crippen molar-refractivity contribution in [3.05, 3.63) is 34.6 Å². The molecule has 0 spiro atoms. The lowest BCUT2D eigenvalue weighted by Crippen LogP contribution is -2.09. The van der Waals surface area contributed by atoms with Gasteiger partial charge in [0.15, 0.2) is 0 Å². The van der Waals surface area contributed by atoms with Gasteiger partial charge in [0.25, 0.3) is 0 Å². The molecule has 0 aliphatic rings. The third kappa shape index (κ3) is 2.57. The van der Waals surface area contributed by atoms with Crippen LogP contribution >= 0.6 is 0 Å². The SMILES string of the molecule is CCC(C)C(O)c1cc(C)c(F)c(C)c1. The highest BCUT2D eigenvalue weighted by atomic mass is 19.1. The maximum absolute atomic E-state index is 13.4. The molecule has 0 bridgehead atoms. The van der Waals surface area contributed by atoms with Gasteiger partial charge in [0, 0.05) is 0 Å². The number of aliphatic hydroxyl groups is 1. The van der Waals surface area contributed by atoms with Crippen LogP contribution in [0.5, 0.6) is 0 Å². The molecule has 1 aromatic carbocycles. The number of rotatable bonds is 3. The zero-order valence-corrected chi connectivity index (χ0v) is 9.84. The van der Waals surface area contributed by atoms with Crippen molar-refractivity contribution in [2.45, 2.75) is 40.2 Å². The van der Waals surface area contributed by atoms with Crippen molar-refractivity contribution >= 4 is 0 Å². The highest BCUT2D eigenvalue weighted by Gasteiger charge is 2.16. The fourth-order valence-corrected chi connectivity index (χ4v) is 1.70. The maximum Gasteiger partial charge on any atom is 0.129 e. The Bertz CT molecular complexity index is 323. The molecule has 1 nitrogen and oxygen atoms in total. The van der Waals surface area contributed by atoms with Gasteiger partial charge in [0.05, 0.1) is 6.10 Å². The van der Waals surface area contributed by atoms with Crippen molar-refractivity contribution in [1.29, 1.82) is 0 Å². The summed E-state index contributed by atoms with van der Waals surface area (Å²) in [4.78, 5) is 0. The quantitative estimate of drug-likeness (QED) is 0.809. The van der Waals surface area contributed by atoms with E-state index in [0.29, 0.717) is 11.1 Å². The Balaban J connectivity index is 3.06. The summed E-state index contributed by atoms with van der Waals surface area (Å²) in [7, 11) is 0. The zero-order valence-electron chi connectivity index (χ0n) is 9.84. The molecule has 0 heterocycles. The Morgan fingerprint density at radius 3 is 2.13 bits per heavy atom. The summed E-state index contributed by atoms with van der Waals surface area (Å²) >= 11 is 0. The minimum Gasteiger partial charge on any atom is -0.388 e. The van der Waals surface area contributed by atoms with E-state index in [1.54, 1.807) is 26.0 Å². The van der Waals surface area contributed by atoms with E-state index in [0.717, 1.165) is 12.0 Å². The van der Waals surface area contributed by atoms with Crippen LogP contribution in [-0.4, -0.2) is 5.11 Å². The molecule has 2 atom stereocenters. The van der Waals surface area contributed by atoms with Gasteiger partial charge in [-0.1, -0.05) is 32.4 Å². The summed E-state index contributed by atoms with van der Waals surface area (Å²) in [6, 6.07) is 3.47. The molecular weight excluding hydrogens is 191 g/mol. The van der Waals surface area contributed by atoms with Crippen LogP contribution in [0.25, 0.3) is 0 Å². The second-order valence-corrected chi connectivity index (χ2v) is 4.30. The monoisotopic (exact) mass is 210 g/mol. The molecule has 0 saturated carbocycles. The minimum atomic E-state index is -0.493. The normalized spacial score (nSPS) is 15.1. The molecule has 2 unspecified atom stereocenters. The molecule has 0 aromatic heterocycles. The van der Waals surface area contributed by atoms with E-state index in [1.807, 2.05) is 13.8 Å². The first-order valence-electron chi connectivity index (χ1n) is 5.42. The molecule has 1 N–H and O–H groups in total. The van der Waals surface area contributed by atoms with E-state index in [9.17, 15) is 9.50 Å². The average molecular weight is 210 g/mol. The molecule has 1 aromatic rings. The smallest absolute Gasteiger partial charge is 0.129 e. The standard InChI is InChI=1S/C13H19FO/c1-5-8(2)13(15)11-6-9(3)12(14)10(4)7-11/h6-8,13,15H,5H2,1-4H3. The molecule has 0 aliphatic heterocycles. The van der Waals surface area contributed by atoms with E-state index in [2.05, 4.69) is 0 Å². The van der Waals surface area contributed by atoms with E-state index in [1.165, 1.54) is 0 Å². The molecule has 2 heteroatoms. The van der Waals surface area contributed by atoms with Gasteiger partial charge in [0.2, 0.25) is 0 Å². The molecule has 1 rings (SSSR count). The van der Waals surface area contributed by atoms with Gasteiger partial charge in [-0.3, -0.25) is 0 Å². The minimum absolute atomic E-state index is 0.171. The Labute approximate surface area is 90.9 Å². The fourth-order valence-electron chi connectivity index (χ4n) is 1.70. The van der Waals surface area contributed by atoms with E-state index in [4.69, 9.17) is 0 Å². The van der Waals surface area contributed by atoms with Crippen LogP contribution in [0, 0.1) is 25.6 Å². The first kappa shape index (κ1) is 12.2. The van der Waals surface area contributed by atoms with Gasteiger partial charge in [-0.2, -0.15) is 0 Å². The average Bonchev–Trinajstić information content (AvgIpc) is 2.23. The van der Waals surface area contributed by atoms with Crippen molar-refractivity contribution < 1.29 is 9.50 Å². The van der Waals surface area contributed by atoms with Crippen molar-refractivity contribution in [1.82, 2.24) is 0 Å². The third-order valence-corrected chi connectivity index (χ3v) is 2.98. The molecule has 0 aliphatic carbocycles. The van der Waals surface area contributed by atoms with E-state index >= 15 is 0 Å². The van der Waals surface area contributed by atoms with E-state index < -0.39 is 6.10 Å². The van der Waals surface area contributed by atoms with Gasteiger partial charge in [0.1, 0.15) is 5.82 Å². The van der Waals surface area contributed by atoms with Crippen molar-refractivity contribution in [2.75, 3.05) is 0 Å². The van der Waals surface area contributed by atoms with E-state index in [-0.39, 0.29) is 11.7 Å². The summed E-state index contributed by atoms with van der Waals surface area (Å²) in [5.74, 6) is 0.0318. The Hall–Kier alpha value is -0.890. The van der Waals surface area contributed by atoms with Gasteiger partial charge < -0.3 is 5.11 Å². The van der Waals surface area contributed by atoms with Gasteiger partial charge >= 0.3 is 0 Å². The number of aryl methyl sites for hydroxylation is 2. The molecule has 15 heavy (non-hydrogen) atoms. The van der Waals surface area contributed by atoms with Crippen LogP contribution in [0.2, 0.25) is 0 Å². The summed E-state index contributed by atoms with van der Waals surface area (Å²) in [5, 5.41) is 10.0. The van der Waals surface area contributed by atoms with Crippen LogP contribution in [0.4, 0.5) is 4.39 Å². The molecular formula is C13H19FO. The van der Waals surface area contributed by atoms with Gasteiger partial charge in [-0.05, 0) is 36.5 Å². The summed E-state index contributed by atoms with van der Waals surface area (Å²) < 4.78 is 13.4. The lowest BCUT2D eigenvalue weighted by atomic mass is 9.93. The van der Waals surface area contributed by atoms with Crippen LogP contribution in [0.1, 0.15) is 43.1 Å². The fraction of sp³-hybridized carbons (Fsp3) is 0.538. The maximum atomic E-state index is 13.4. The Morgan fingerprint density at radius 2 is 1.73 bits per heavy atom. The summed E-state index contributed by atoms with van der Waals surface area (Å²) in [5.41, 5.74) is 2.03. The lowest BCUT2D eigenvalue weighted by molar-refractivity contribution is 0.115. The molecule has 0 radical (unpaired) electrons. The highest BCUT2D eigenvalue weighted by molar-refractivity contribution is 5.31. The number of aliphatic hydroxyl groups excluding tert-OH is 1. The predicted octanol–water partition coefficient (Wildman–Crippen LogP) is 3.52. The number of hydrogen-bond acceptors (Lipinski definition) is 1. The topological polar surface area (TPSA) is 20.2 Å². The van der Waals surface area contributed by atoms with Crippen LogP contribution in [0.15, 0.2) is 12.1 Å². The molecule has 84 valence electrons. The van der Waals surface area contributed by atoms with Crippen LogP contribution < -0.4 is 0 Å². The van der Waals surface area contributed by atoms with Crippen molar-refractivity contribution in [3.63, 3.8) is 0 Å². The second-order valence-electron chi connectivity index (χ2n) is 4.30. The first-order chi connectivity index (χ1) is 6.97. The zero-order chi connectivity index (χ0) is 11.6. The predicted molar refractivity (Wildman–Crippen MR) is 60.3 cm³/mol. The number of hydrogen-bond donors (Lipinski definition) is 1. The Morgan fingerprint density at radius 1 is 1.27 bits per heavy atom. The summed E-state index contributed by atoms with van der Waals surface area (Å²) in [6.45, 7) is 7.50. The molecule has 0 fully saturated rings. The van der Waals surface area contributed by atoms with Gasteiger partial charge in [-0.15, -0.1) is 0 Å². The molecule has 0 amide bonds. The second kappa shape index (κ2) is 4.75. The van der Waals surface area contributed by atoms with Crippen LogP contribution in [-0.2, 0) is 0 Å². The van der Waals surface area contributed by atoms with Crippen molar-refractivity contribution in [2.24, 2.45) is 5.92 Å². The largest absolute Gasteiger partial charge is 0.388 e. The summed E-state index contributed by atoms with van der Waals surface area (Å²) in [6.07, 6.45) is 0.421. The van der Waals surface area contributed by atoms with Gasteiger partial charge in [-0.25, -0.2) is 4.39 Å². The number of halogens is 1. The van der Waals surface area contributed by atoms with Crippen LogP contribution in [0.3, 0.4) is 0 Å². The Kier molecular flexibility index (Phi) is 3.86. The van der Waals surface area contributed by atoms with Crippen molar-refractivity contribution in [3.8, 4) is 0 Å². The highest BCUT2D eigenvalue weighted by Crippen LogP contribution is 2.26. The number of benzene rings is 1. The first-order valence-corrected chi connectivity index (χ1v) is 5.42.